The van der Waals surface area contributed by atoms with E-state index in [0.717, 1.165) is 11.3 Å². The topological polar surface area (TPSA) is 12.0 Å². The molecule has 0 aromatic heterocycles. The van der Waals surface area contributed by atoms with Crippen molar-refractivity contribution in [1.82, 2.24) is 5.32 Å². The summed E-state index contributed by atoms with van der Waals surface area (Å²) in [6.07, 6.45) is 8.88. The molecule has 1 fully saturated rings. The Labute approximate surface area is 122 Å². The Morgan fingerprint density at radius 2 is 2.17 bits per heavy atom. The van der Waals surface area contributed by atoms with Gasteiger partial charge in [0.1, 0.15) is 0 Å². The van der Waals surface area contributed by atoms with Crippen LogP contribution in [0.4, 0.5) is 0 Å². The molecule has 0 aliphatic heterocycles. The zero-order chi connectivity index (χ0) is 12.5. The number of hydrogen-bond acceptors (Lipinski definition) is 2. The van der Waals surface area contributed by atoms with Gasteiger partial charge < -0.3 is 5.32 Å². The molecule has 0 bridgehead atoms. The summed E-state index contributed by atoms with van der Waals surface area (Å²) in [6.45, 7) is 0. The highest BCUT2D eigenvalue weighted by atomic mass is 79.9. The van der Waals surface area contributed by atoms with Gasteiger partial charge in [-0.1, -0.05) is 28.4 Å². The van der Waals surface area contributed by atoms with Gasteiger partial charge in [0, 0.05) is 21.8 Å². The molecule has 0 spiro atoms. The molecule has 2 aliphatic rings. The van der Waals surface area contributed by atoms with Gasteiger partial charge in [0.25, 0.3) is 0 Å². The second-order valence-electron chi connectivity index (χ2n) is 5.41. The zero-order valence-electron chi connectivity index (χ0n) is 10.8. The van der Waals surface area contributed by atoms with Gasteiger partial charge in [0.2, 0.25) is 0 Å². The summed E-state index contributed by atoms with van der Waals surface area (Å²) in [5.41, 5.74) is 3.06. The minimum absolute atomic E-state index is 0.589. The Bertz CT molecular complexity index is 435. The van der Waals surface area contributed by atoms with E-state index < -0.39 is 0 Å². The van der Waals surface area contributed by atoms with Crippen LogP contribution in [0.1, 0.15) is 42.9 Å². The van der Waals surface area contributed by atoms with E-state index in [1.54, 1.807) is 0 Å². The summed E-state index contributed by atoms with van der Waals surface area (Å²) in [6, 6.07) is 8.08. The lowest BCUT2D eigenvalue weighted by Gasteiger charge is -2.24. The molecule has 2 aliphatic carbocycles. The summed E-state index contributed by atoms with van der Waals surface area (Å²) < 4.78 is 1.21. The van der Waals surface area contributed by atoms with E-state index in [-0.39, 0.29) is 0 Å². The summed E-state index contributed by atoms with van der Waals surface area (Å²) in [4.78, 5) is 0. The van der Waals surface area contributed by atoms with E-state index in [9.17, 15) is 0 Å². The largest absolute Gasteiger partial charge is 0.306 e. The molecule has 3 unspecified atom stereocenters. The Balaban J connectivity index is 1.73. The first-order chi connectivity index (χ1) is 8.78. The monoisotopic (exact) mass is 325 g/mol. The highest BCUT2D eigenvalue weighted by Gasteiger charge is 2.31. The molecule has 98 valence electrons. The molecule has 1 aromatic carbocycles. The number of rotatable bonds is 3. The molecule has 3 rings (SSSR count). The van der Waals surface area contributed by atoms with Crippen LogP contribution in [0.3, 0.4) is 0 Å². The van der Waals surface area contributed by atoms with Crippen LogP contribution in [0.25, 0.3) is 0 Å². The van der Waals surface area contributed by atoms with Gasteiger partial charge in [0.05, 0.1) is 0 Å². The van der Waals surface area contributed by atoms with Crippen LogP contribution >= 0.6 is 27.7 Å². The van der Waals surface area contributed by atoms with Crippen LogP contribution in [-0.4, -0.2) is 17.5 Å². The number of aryl methyl sites for hydroxylation is 1. The van der Waals surface area contributed by atoms with E-state index in [1.807, 2.05) is 11.8 Å². The van der Waals surface area contributed by atoms with Gasteiger partial charge in [-0.2, -0.15) is 11.8 Å². The van der Waals surface area contributed by atoms with Crippen LogP contribution in [0, 0.1) is 0 Å². The highest BCUT2D eigenvalue weighted by molar-refractivity contribution is 9.10. The summed E-state index contributed by atoms with van der Waals surface area (Å²) in [5, 5.41) is 4.74. The second kappa shape index (κ2) is 5.56. The van der Waals surface area contributed by atoms with Gasteiger partial charge >= 0.3 is 0 Å². The first-order valence-electron chi connectivity index (χ1n) is 6.85. The fourth-order valence-electron chi connectivity index (χ4n) is 3.42. The van der Waals surface area contributed by atoms with E-state index >= 15 is 0 Å². The lowest BCUT2D eigenvalue weighted by molar-refractivity contribution is 0.443. The van der Waals surface area contributed by atoms with Crippen molar-refractivity contribution in [2.45, 2.75) is 49.4 Å². The van der Waals surface area contributed by atoms with Crippen LogP contribution in [0.2, 0.25) is 0 Å². The predicted octanol–water partition coefficient (Wildman–Crippen LogP) is 4.31. The Hall–Kier alpha value is 0.01000. The van der Waals surface area contributed by atoms with Gasteiger partial charge in [-0.25, -0.2) is 0 Å². The van der Waals surface area contributed by atoms with E-state index in [2.05, 4.69) is 45.7 Å². The van der Waals surface area contributed by atoms with Crippen LogP contribution < -0.4 is 5.32 Å². The number of halogens is 1. The Morgan fingerprint density at radius 1 is 1.28 bits per heavy atom. The van der Waals surface area contributed by atoms with Crippen LogP contribution in [0.5, 0.6) is 0 Å². The average Bonchev–Trinajstić information content (AvgIpc) is 2.96. The molecule has 1 nitrogen and oxygen atoms in total. The fraction of sp³-hybridized carbons (Fsp3) is 0.600. The molecule has 0 heterocycles. The van der Waals surface area contributed by atoms with E-state index in [0.29, 0.717) is 6.04 Å². The van der Waals surface area contributed by atoms with E-state index in [1.165, 1.54) is 47.7 Å². The quantitative estimate of drug-likeness (QED) is 0.888. The van der Waals surface area contributed by atoms with Crippen molar-refractivity contribution in [2.75, 3.05) is 6.26 Å². The van der Waals surface area contributed by atoms with Crippen molar-refractivity contribution in [3.05, 3.63) is 33.8 Å². The van der Waals surface area contributed by atoms with Crippen molar-refractivity contribution >= 4 is 27.7 Å². The van der Waals surface area contributed by atoms with Gasteiger partial charge in [0.15, 0.2) is 0 Å². The lowest BCUT2D eigenvalue weighted by Crippen LogP contribution is -2.36. The molecular formula is C15H20BrNS. The molecule has 1 aromatic rings. The smallest absolute Gasteiger partial charge is 0.0329 e. The fourth-order valence-corrected chi connectivity index (χ4v) is 4.77. The van der Waals surface area contributed by atoms with Crippen molar-refractivity contribution in [3.63, 3.8) is 0 Å². The first-order valence-corrected chi connectivity index (χ1v) is 8.93. The number of nitrogens with one attached hydrogen (secondary N) is 1. The van der Waals surface area contributed by atoms with E-state index in [4.69, 9.17) is 0 Å². The minimum Gasteiger partial charge on any atom is -0.306 e. The molecule has 1 N–H and O–H groups in total. The summed E-state index contributed by atoms with van der Waals surface area (Å²) in [7, 11) is 0. The molecule has 1 saturated carbocycles. The van der Waals surface area contributed by atoms with Gasteiger partial charge in [-0.05, 0) is 55.2 Å². The molecular weight excluding hydrogens is 306 g/mol. The maximum absolute atomic E-state index is 3.92. The van der Waals surface area contributed by atoms with Gasteiger partial charge in [-0.15, -0.1) is 0 Å². The molecule has 0 radical (unpaired) electrons. The maximum atomic E-state index is 3.92. The zero-order valence-corrected chi connectivity index (χ0v) is 13.2. The maximum Gasteiger partial charge on any atom is 0.0329 e. The molecule has 0 saturated heterocycles. The number of thioether (sulfide) groups is 1. The standard InChI is InChI=1S/C15H20BrNS/c1-18-15-4-2-3-14(15)17-13-8-5-10-9-11(16)6-7-12(10)13/h6-7,9,13-15,17H,2-5,8H2,1H3. The predicted molar refractivity (Wildman–Crippen MR) is 83.3 cm³/mol. The highest BCUT2D eigenvalue weighted by Crippen LogP contribution is 2.36. The average molecular weight is 326 g/mol. The SMILES string of the molecule is CSC1CCCC1NC1CCc2cc(Br)ccc21. The first kappa shape index (κ1) is 13.0. The van der Waals surface area contributed by atoms with Crippen molar-refractivity contribution < 1.29 is 0 Å². The summed E-state index contributed by atoms with van der Waals surface area (Å²) in [5.74, 6) is 0. The Morgan fingerprint density at radius 3 is 3.00 bits per heavy atom. The van der Waals surface area contributed by atoms with Gasteiger partial charge in [-0.3, -0.25) is 0 Å². The lowest BCUT2D eigenvalue weighted by atomic mass is 10.1. The van der Waals surface area contributed by atoms with Crippen LogP contribution in [0.15, 0.2) is 22.7 Å². The molecule has 18 heavy (non-hydrogen) atoms. The molecule has 3 atom stereocenters. The molecule has 3 heteroatoms. The Kier molecular flexibility index (Phi) is 4.02. The third-order valence-electron chi connectivity index (χ3n) is 4.35. The number of hydrogen-bond donors (Lipinski definition) is 1. The number of benzene rings is 1. The third-order valence-corrected chi connectivity index (χ3v) is 6.02. The van der Waals surface area contributed by atoms with Crippen molar-refractivity contribution in [2.24, 2.45) is 0 Å². The molecule has 0 amide bonds. The van der Waals surface area contributed by atoms with Crippen molar-refractivity contribution in [1.29, 1.82) is 0 Å². The third kappa shape index (κ3) is 2.50. The normalized spacial score (nSPS) is 30.7. The number of fused-ring (bicyclic) bond motifs is 1. The minimum atomic E-state index is 0.589. The second-order valence-corrected chi connectivity index (χ2v) is 7.41. The summed E-state index contributed by atoms with van der Waals surface area (Å²) >= 11 is 5.61. The van der Waals surface area contributed by atoms with Crippen molar-refractivity contribution in [3.8, 4) is 0 Å². The van der Waals surface area contributed by atoms with Crippen LogP contribution in [-0.2, 0) is 6.42 Å².